The number of nitrogens with one attached hydrogen (secondary N) is 1. The minimum absolute atomic E-state index is 0.124. The fourth-order valence-corrected chi connectivity index (χ4v) is 0.845. The van der Waals surface area contributed by atoms with Crippen LogP contribution >= 0.6 is 0 Å². The Bertz CT molecular complexity index is 399. The van der Waals surface area contributed by atoms with E-state index in [0.29, 0.717) is 0 Å². The molecule has 0 aromatic rings. The molecule has 0 saturated heterocycles. The van der Waals surface area contributed by atoms with Crippen molar-refractivity contribution < 1.29 is 44.3 Å². The van der Waals surface area contributed by atoms with Crippen molar-refractivity contribution in [2.45, 2.75) is 37.4 Å². The molecule has 0 unspecified atom stereocenters. The van der Waals surface area contributed by atoms with Gasteiger partial charge in [0.05, 0.1) is 0 Å². The Morgan fingerprint density at radius 1 is 0.950 bits per heavy atom. The number of hydrogen-bond acceptors (Lipinski definition) is 1. The van der Waals surface area contributed by atoms with Crippen molar-refractivity contribution in [1.82, 2.24) is 5.32 Å². The van der Waals surface area contributed by atoms with Crippen molar-refractivity contribution in [3.8, 4) is 0 Å². The summed E-state index contributed by atoms with van der Waals surface area (Å²) in [6, 6.07) is -6.12. The maximum atomic E-state index is 12.9. The molecule has 118 valence electrons. The van der Waals surface area contributed by atoms with Gasteiger partial charge in [-0.2, -0.15) is 39.5 Å². The van der Waals surface area contributed by atoms with Gasteiger partial charge in [-0.3, -0.25) is 10.1 Å². The first-order valence-electron chi connectivity index (χ1n) is 4.82. The fraction of sp³-hybridized carbons (Fsp3) is 0.667. The number of carbonyl (C=O) groups is 1. The highest BCUT2D eigenvalue weighted by Gasteiger charge is 2.82. The van der Waals surface area contributed by atoms with Crippen LogP contribution in [0.2, 0.25) is 0 Å². The van der Waals surface area contributed by atoms with Crippen LogP contribution < -0.4 is 5.32 Å². The quantitative estimate of drug-likeness (QED) is 0.469. The van der Waals surface area contributed by atoms with Crippen molar-refractivity contribution in [2.75, 3.05) is 0 Å². The molecule has 0 rings (SSSR count). The molecular formula is C9H8F9NO. The molecule has 2 nitrogen and oxygen atoms in total. The van der Waals surface area contributed by atoms with Gasteiger partial charge in [0, 0.05) is 5.57 Å². The monoisotopic (exact) mass is 317 g/mol. The molecule has 1 N–H and O–H groups in total. The van der Waals surface area contributed by atoms with Gasteiger partial charge >= 0.3 is 24.1 Å². The summed E-state index contributed by atoms with van der Waals surface area (Å²) in [4.78, 5) is 10.9. The van der Waals surface area contributed by atoms with E-state index in [1.165, 1.54) is 6.92 Å². The van der Waals surface area contributed by atoms with Gasteiger partial charge < -0.3 is 0 Å². The largest absolute Gasteiger partial charge is 0.460 e. The summed E-state index contributed by atoms with van der Waals surface area (Å²) in [5.41, 5.74) is -0.698. The lowest BCUT2D eigenvalue weighted by Gasteiger charge is -2.33. The average Bonchev–Trinajstić information content (AvgIpc) is 2.25. The molecule has 0 aromatic heterocycles. The summed E-state index contributed by atoms with van der Waals surface area (Å²) in [7, 11) is 0. The van der Waals surface area contributed by atoms with Gasteiger partial charge in [-0.05, 0) is 6.42 Å². The number of carbonyl (C=O) groups excluding carboxylic acids is 1. The third-order valence-electron chi connectivity index (χ3n) is 2.16. The van der Waals surface area contributed by atoms with Gasteiger partial charge in [0.25, 0.3) is 5.91 Å². The number of alkyl halides is 9. The molecule has 0 heterocycles. The number of halogens is 9. The van der Waals surface area contributed by atoms with Crippen LogP contribution in [0.3, 0.4) is 0 Å². The molecule has 0 aromatic carbocycles. The number of hydrogen-bond donors (Lipinski definition) is 1. The SMILES string of the molecule is C=C(CC)C(=O)NC(F)(F)C(F)(F)C(F)(F)C(F)(F)F. The molecule has 0 saturated carbocycles. The standard InChI is InChI=1S/C9H8F9NO/c1-3-4(2)5(20)19-9(17,18)7(12,13)6(10,11)8(14,15)16/h2-3H2,1H3,(H,19,20). The van der Waals surface area contributed by atoms with Gasteiger partial charge in [0.15, 0.2) is 0 Å². The van der Waals surface area contributed by atoms with E-state index in [1.807, 2.05) is 0 Å². The van der Waals surface area contributed by atoms with E-state index in [2.05, 4.69) is 6.58 Å². The van der Waals surface area contributed by atoms with Crippen LogP contribution in [0.25, 0.3) is 0 Å². The summed E-state index contributed by atoms with van der Waals surface area (Å²) in [6.45, 7) is 4.05. The second kappa shape index (κ2) is 5.17. The Hall–Kier alpha value is -1.42. The minimum Gasteiger partial charge on any atom is -0.288 e. The highest BCUT2D eigenvalue weighted by Crippen LogP contribution is 2.52. The summed E-state index contributed by atoms with van der Waals surface area (Å²) in [6.07, 6.45) is -7.23. The number of rotatable bonds is 5. The first kappa shape index (κ1) is 18.6. The van der Waals surface area contributed by atoms with Gasteiger partial charge in [0.1, 0.15) is 0 Å². The lowest BCUT2D eigenvalue weighted by Crippen LogP contribution is -2.66. The second-order valence-corrected chi connectivity index (χ2v) is 3.63. The zero-order valence-corrected chi connectivity index (χ0v) is 9.72. The highest BCUT2D eigenvalue weighted by molar-refractivity contribution is 5.93. The normalized spacial score (nSPS) is 14.1. The lowest BCUT2D eigenvalue weighted by atomic mass is 10.1. The molecule has 0 radical (unpaired) electrons. The van der Waals surface area contributed by atoms with Gasteiger partial charge in [-0.1, -0.05) is 13.5 Å². The van der Waals surface area contributed by atoms with Crippen molar-refractivity contribution in [3.63, 3.8) is 0 Å². The maximum absolute atomic E-state index is 12.9. The molecule has 20 heavy (non-hydrogen) atoms. The van der Waals surface area contributed by atoms with Gasteiger partial charge in [0.2, 0.25) is 0 Å². The molecule has 0 spiro atoms. The first-order valence-corrected chi connectivity index (χ1v) is 4.82. The van der Waals surface area contributed by atoms with Crippen molar-refractivity contribution in [2.24, 2.45) is 0 Å². The molecular weight excluding hydrogens is 309 g/mol. The Morgan fingerprint density at radius 2 is 1.35 bits per heavy atom. The molecule has 0 bridgehead atoms. The van der Waals surface area contributed by atoms with Crippen LogP contribution in [-0.2, 0) is 4.79 Å². The summed E-state index contributed by atoms with van der Waals surface area (Å²) in [5.74, 6) is -15.9. The molecule has 1 amide bonds. The van der Waals surface area contributed by atoms with E-state index in [4.69, 9.17) is 0 Å². The van der Waals surface area contributed by atoms with Crippen molar-refractivity contribution in [1.29, 1.82) is 0 Å². The molecule has 11 heteroatoms. The van der Waals surface area contributed by atoms with E-state index in [9.17, 15) is 44.3 Å². The van der Waals surface area contributed by atoms with Crippen LogP contribution in [0.5, 0.6) is 0 Å². The topological polar surface area (TPSA) is 29.1 Å². The molecule has 0 atom stereocenters. The maximum Gasteiger partial charge on any atom is 0.460 e. The predicted molar refractivity (Wildman–Crippen MR) is 48.5 cm³/mol. The summed E-state index contributed by atoms with van der Waals surface area (Å²) >= 11 is 0. The zero-order valence-electron chi connectivity index (χ0n) is 9.72. The van der Waals surface area contributed by atoms with Crippen LogP contribution in [0.4, 0.5) is 39.5 Å². The van der Waals surface area contributed by atoms with Crippen LogP contribution in [0.15, 0.2) is 12.2 Å². The van der Waals surface area contributed by atoms with E-state index >= 15 is 0 Å². The van der Waals surface area contributed by atoms with E-state index in [0.717, 1.165) is 0 Å². The fourth-order valence-electron chi connectivity index (χ4n) is 0.845. The first-order chi connectivity index (χ1) is 8.62. The zero-order chi connectivity index (χ0) is 16.6. The van der Waals surface area contributed by atoms with E-state index in [-0.39, 0.29) is 11.7 Å². The third kappa shape index (κ3) is 3.01. The molecule has 0 aliphatic rings. The summed E-state index contributed by atoms with van der Waals surface area (Å²) in [5, 5.41) is 0.124. The summed E-state index contributed by atoms with van der Waals surface area (Å²) < 4.78 is 111. The Kier molecular flexibility index (Phi) is 4.80. The third-order valence-corrected chi connectivity index (χ3v) is 2.16. The Balaban J connectivity index is 5.48. The van der Waals surface area contributed by atoms with E-state index in [1.54, 1.807) is 0 Å². The molecule has 0 aliphatic heterocycles. The molecule has 0 fully saturated rings. The van der Waals surface area contributed by atoms with Crippen LogP contribution in [0.1, 0.15) is 13.3 Å². The second-order valence-electron chi connectivity index (χ2n) is 3.63. The molecule has 0 aliphatic carbocycles. The predicted octanol–water partition coefficient (Wildman–Crippen LogP) is 3.49. The highest BCUT2D eigenvalue weighted by atomic mass is 19.4. The van der Waals surface area contributed by atoms with E-state index < -0.39 is 35.5 Å². The Labute approximate surface area is 106 Å². The smallest absolute Gasteiger partial charge is 0.288 e. The van der Waals surface area contributed by atoms with Gasteiger partial charge in [-0.15, -0.1) is 0 Å². The minimum atomic E-state index is -7.04. The van der Waals surface area contributed by atoms with Crippen LogP contribution in [-0.4, -0.2) is 30.0 Å². The Morgan fingerprint density at radius 3 is 1.65 bits per heavy atom. The average molecular weight is 317 g/mol. The van der Waals surface area contributed by atoms with Gasteiger partial charge in [-0.25, -0.2) is 0 Å². The van der Waals surface area contributed by atoms with Crippen molar-refractivity contribution in [3.05, 3.63) is 12.2 Å². The lowest BCUT2D eigenvalue weighted by molar-refractivity contribution is -0.399. The number of amides is 1. The van der Waals surface area contributed by atoms with Crippen molar-refractivity contribution >= 4 is 5.91 Å². The van der Waals surface area contributed by atoms with Crippen LogP contribution in [0, 0.1) is 0 Å².